The number of aryl methyl sites for hydroxylation is 1. The van der Waals surface area contributed by atoms with Crippen molar-refractivity contribution < 1.29 is 9.90 Å². The fraction of sp³-hybridized carbons (Fsp3) is 0.500. The van der Waals surface area contributed by atoms with Crippen molar-refractivity contribution in [1.29, 1.82) is 0 Å². The average Bonchev–Trinajstić information content (AvgIpc) is 3.41. The van der Waals surface area contributed by atoms with Gasteiger partial charge in [-0.25, -0.2) is 4.99 Å². The number of carbonyl (C=O) groups is 1. The topological polar surface area (TPSA) is 98.7 Å². The minimum atomic E-state index is -0.199. The van der Waals surface area contributed by atoms with Gasteiger partial charge in [0.05, 0.1) is 23.2 Å². The second kappa shape index (κ2) is 12.3. The maximum Gasteiger partial charge on any atom is 0.247 e. The predicted octanol–water partition coefficient (Wildman–Crippen LogP) is 5.81. The molecule has 3 aromatic rings. The van der Waals surface area contributed by atoms with Gasteiger partial charge in [0.15, 0.2) is 5.78 Å². The number of piperidine rings is 1. The Morgan fingerprint density at radius 2 is 1.79 bits per heavy atom. The van der Waals surface area contributed by atoms with Crippen LogP contribution < -0.4 is 5.56 Å². The maximum atomic E-state index is 13.8. The number of benzene rings is 1. The number of nitrogens with one attached hydrogen (secondary N) is 1. The van der Waals surface area contributed by atoms with E-state index in [1.165, 1.54) is 17.3 Å². The van der Waals surface area contributed by atoms with E-state index in [-0.39, 0.29) is 28.8 Å². The first-order chi connectivity index (χ1) is 20.6. The van der Waals surface area contributed by atoms with Gasteiger partial charge in [-0.3, -0.25) is 14.6 Å². The fourth-order valence-electron chi connectivity index (χ4n) is 6.91. The fourth-order valence-corrected chi connectivity index (χ4v) is 6.91. The Labute approximate surface area is 254 Å². The van der Waals surface area contributed by atoms with Gasteiger partial charge in [0.2, 0.25) is 5.56 Å². The Bertz CT molecular complexity index is 1540. The average molecular weight is 581 g/mol. The van der Waals surface area contributed by atoms with Gasteiger partial charge >= 0.3 is 0 Å². The van der Waals surface area contributed by atoms with Gasteiger partial charge in [-0.05, 0) is 96.7 Å². The van der Waals surface area contributed by atoms with Crippen molar-refractivity contribution in [1.82, 2.24) is 14.9 Å². The number of ketones is 1. The number of aromatic nitrogens is 2. The first kappa shape index (κ1) is 29.6. The van der Waals surface area contributed by atoms with Gasteiger partial charge in [0.1, 0.15) is 0 Å². The lowest BCUT2D eigenvalue weighted by atomic mass is 9.71. The molecular formula is C36H44N4O3. The molecule has 0 radical (unpaired) electrons. The normalized spacial score (nSPS) is 19.9. The zero-order valence-corrected chi connectivity index (χ0v) is 25.7. The van der Waals surface area contributed by atoms with Crippen LogP contribution in [-0.4, -0.2) is 57.2 Å². The van der Waals surface area contributed by atoms with Crippen molar-refractivity contribution in [3.8, 4) is 11.1 Å². The molecule has 2 atom stereocenters. The molecule has 1 aromatic carbocycles. The molecule has 6 rings (SSSR count). The zero-order valence-electron chi connectivity index (χ0n) is 25.7. The summed E-state index contributed by atoms with van der Waals surface area (Å²) in [5.74, 6) is 0.794. The lowest BCUT2D eigenvalue weighted by Crippen LogP contribution is -2.37. The van der Waals surface area contributed by atoms with Crippen molar-refractivity contribution in [2.45, 2.75) is 84.2 Å². The highest BCUT2D eigenvalue weighted by Crippen LogP contribution is 2.39. The van der Waals surface area contributed by atoms with E-state index < -0.39 is 0 Å². The standard InChI is InChI=1S/C36H44N4O3/c1-36(2,3)28-9-10-30-27(18-28)19-31-32(38-30)21-33(39-31)34(42)20-25(12-15-40-16-13-29(41)14-17-40)23-4-6-24(7-5-23)26-8-11-35(43)37-22-26/h4-8,11,19,22,25,28-29,41H,9-10,12-18,20-21H2,1-3H3,(H,37,43)/t25-,28-/m0/s1. The van der Waals surface area contributed by atoms with Crippen molar-refractivity contribution in [2.24, 2.45) is 16.3 Å². The number of likely N-dealkylation sites (tertiary alicyclic amines) is 1. The van der Waals surface area contributed by atoms with Gasteiger partial charge in [-0.1, -0.05) is 45.0 Å². The van der Waals surface area contributed by atoms with E-state index >= 15 is 0 Å². The van der Waals surface area contributed by atoms with Crippen LogP contribution in [0.1, 0.15) is 81.3 Å². The van der Waals surface area contributed by atoms with Crippen LogP contribution in [0.3, 0.4) is 0 Å². The Balaban J connectivity index is 1.18. The van der Waals surface area contributed by atoms with Crippen LogP contribution in [0.5, 0.6) is 0 Å². The maximum absolute atomic E-state index is 13.8. The summed E-state index contributed by atoms with van der Waals surface area (Å²) in [6.07, 6.45) is 8.12. The van der Waals surface area contributed by atoms with Gasteiger partial charge < -0.3 is 15.0 Å². The summed E-state index contributed by atoms with van der Waals surface area (Å²) < 4.78 is 0. The lowest BCUT2D eigenvalue weighted by Gasteiger charge is -2.34. The molecule has 4 heterocycles. The third-order valence-corrected chi connectivity index (χ3v) is 9.86. The third kappa shape index (κ3) is 6.89. The molecule has 1 aliphatic carbocycles. The highest BCUT2D eigenvalue weighted by atomic mass is 16.3. The number of carbonyl (C=O) groups excluding carboxylic acids is 1. The molecule has 2 aliphatic heterocycles. The van der Waals surface area contributed by atoms with E-state index in [0.29, 0.717) is 24.5 Å². The summed E-state index contributed by atoms with van der Waals surface area (Å²) >= 11 is 0. The van der Waals surface area contributed by atoms with E-state index in [1.54, 1.807) is 6.20 Å². The summed E-state index contributed by atoms with van der Waals surface area (Å²) in [6, 6.07) is 13.9. The molecular weight excluding hydrogens is 536 g/mol. The Hall–Kier alpha value is -3.42. The minimum Gasteiger partial charge on any atom is -0.393 e. The molecule has 1 fully saturated rings. The second-order valence-corrected chi connectivity index (χ2v) is 13.9. The smallest absolute Gasteiger partial charge is 0.247 e. The Morgan fingerprint density at radius 3 is 2.49 bits per heavy atom. The number of H-pyrrole nitrogens is 1. The minimum absolute atomic E-state index is 0.0594. The molecule has 3 aliphatic rings. The highest BCUT2D eigenvalue weighted by Gasteiger charge is 2.32. The van der Waals surface area contributed by atoms with E-state index in [1.807, 2.05) is 6.07 Å². The number of rotatable bonds is 8. The van der Waals surface area contributed by atoms with Gasteiger partial charge in [0, 0.05) is 43.9 Å². The van der Waals surface area contributed by atoms with Crippen molar-refractivity contribution in [3.05, 3.63) is 81.5 Å². The summed E-state index contributed by atoms with van der Waals surface area (Å²) in [7, 11) is 0. The van der Waals surface area contributed by atoms with Gasteiger partial charge in [-0.15, -0.1) is 0 Å². The molecule has 43 heavy (non-hydrogen) atoms. The first-order valence-electron chi connectivity index (χ1n) is 15.9. The number of fused-ring (bicyclic) bond motifs is 2. The highest BCUT2D eigenvalue weighted by molar-refractivity contribution is 6.41. The molecule has 1 saturated heterocycles. The van der Waals surface area contributed by atoms with Crippen LogP contribution in [0.25, 0.3) is 11.1 Å². The number of aliphatic hydroxyl groups is 1. The largest absolute Gasteiger partial charge is 0.393 e. The summed E-state index contributed by atoms with van der Waals surface area (Å²) in [5, 5.41) is 9.94. The van der Waals surface area contributed by atoms with Crippen LogP contribution in [0.4, 0.5) is 5.69 Å². The van der Waals surface area contributed by atoms with Crippen LogP contribution in [-0.2, 0) is 24.1 Å². The summed E-state index contributed by atoms with van der Waals surface area (Å²) in [6.45, 7) is 9.63. The van der Waals surface area contributed by atoms with Crippen LogP contribution in [0.15, 0.2) is 58.4 Å². The van der Waals surface area contributed by atoms with Crippen molar-refractivity contribution >= 4 is 17.2 Å². The quantitative estimate of drug-likeness (QED) is 0.351. The molecule has 0 saturated carbocycles. The number of nitrogens with zero attached hydrogens (tertiary/aromatic N) is 3. The molecule has 0 unspecified atom stereocenters. The van der Waals surface area contributed by atoms with Crippen molar-refractivity contribution in [3.63, 3.8) is 0 Å². The predicted molar refractivity (Wildman–Crippen MR) is 171 cm³/mol. The zero-order chi connectivity index (χ0) is 30.1. The molecule has 0 bridgehead atoms. The van der Waals surface area contributed by atoms with E-state index in [2.05, 4.69) is 61.0 Å². The molecule has 0 amide bonds. The number of hydrogen-bond acceptors (Lipinski definition) is 6. The molecule has 0 spiro atoms. The number of aliphatic hydroxyl groups excluding tert-OH is 1. The number of hydrogen-bond donors (Lipinski definition) is 2. The van der Waals surface area contributed by atoms with Gasteiger partial charge in [0.25, 0.3) is 0 Å². The molecule has 226 valence electrons. The Kier molecular flexibility index (Phi) is 8.47. The third-order valence-electron chi connectivity index (χ3n) is 9.86. The van der Waals surface area contributed by atoms with Crippen LogP contribution in [0.2, 0.25) is 0 Å². The van der Waals surface area contributed by atoms with E-state index in [0.717, 1.165) is 86.2 Å². The summed E-state index contributed by atoms with van der Waals surface area (Å²) in [5.41, 5.74) is 8.21. The summed E-state index contributed by atoms with van der Waals surface area (Å²) in [4.78, 5) is 40.3. The van der Waals surface area contributed by atoms with E-state index in [9.17, 15) is 14.7 Å². The van der Waals surface area contributed by atoms with E-state index in [4.69, 9.17) is 9.98 Å². The molecule has 7 heteroatoms. The number of Topliss-reactive ketones (excluding diaryl/α,β-unsaturated/α-hetero) is 1. The van der Waals surface area contributed by atoms with Crippen LogP contribution >= 0.6 is 0 Å². The Morgan fingerprint density at radius 1 is 1.05 bits per heavy atom. The first-order valence-corrected chi connectivity index (χ1v) is 15.9. The van der Waals surface area contributed by atoms with Gasteiger partial charge in [-0.2, -0.15) is 0 Å². The lowest BCUT2D eigenvalue weighted by molar-refractivity contribution is -0.113. The molecule has 2 N–H and O–H groups in total. The van der Waals surface area contributed by atoms with Crippen molar-refractivity contribution in [2.75, 3.05) is 19.6 Å². The number of aliphatic imine (C=N–C) groups is 1. The second-order valence-electron chi connectivity index (χ2n) is 13.9. The SMILES string of the molecule is CC(C)(C)[C@H]1CCc2nc3c(cc2C1)N=C(C(=O)C[C@H](CCN1CCC(O)CC1)c1ccc(-c2ccc(=O)[nH]c2)cc1)C3. The number of aromatic amines is 1. The molecule has 7 nitrogen and oxygen atoms in total. The monoisotopic (exact) mass is 580 g/mol. The molecule has 2 aromatic heterocycles. The number of pyridine rings is 2. The van der Waals surface area contributed by atoms with Crippen LogP contribution in [0, 0.1) is 11.3 Å².